The number of benzene rings is 1. The van der Waals surface area contributed by atoms with Crippen LogP contribution in [0.2, 0.25) is 25.7 Å². The molecule has 1 aromatic carbocycles. The Morgan fingerprint density at radius 3 is 2.58 bits per heavy atom. The van der Waals surface area contributed by atoms with E-state index < -0.39 is 14.2 Å². The van der Waals surface area contributed by atoms with Crippen molar-refractivity contribution in [3.05, 3.63) is 47.2 Å². The summed E-state index contributed by atoms with van der Waals surface area (Å²) < 4.78 is 13.7. The monoisotopic (exact) mass is 541 g/mol. The van der Waals surface area contributed by atoms with Gasteiger partial charge >= 0.3 is 6.01 Å². The Hall–Kier alpha value is -2.50. The Balaban J connectivity index is 1.59. The van der Waals surface area contributed by atoms with Crippen LogP contribution >= 0.6 is 0 Å². The van der Waals surface area contributed by atoms with Crippen molar-refractivity contribution in [2.75, 3.05) is 32.0 Å². The van der Waals surface area contributed by atoms with E-state index in [-0.39, 0.29) is 12.1 Å². The Bertz CT molecular complexity index is 1190. The van der Waals surface area contributed by atoms with Crippen LogP contribution < -0.4 is 10.5 Å². The van der Waals surface area contributed by atoms with Gasteiger partial charge in [0.05, 0.1) is 12.7 Å². The number of aromatic nitrogens is 3. The summed E-state index contributed by atoms with van der Waals surface area (Å²) in [6.45, 7) is 12.9. The van der Waals surface area contributed by atoms with E-state index >= 15 is 0 Å². The molecule has 1 fully saturated rings. The lowest BCUT2D eigenvalue weighted by Crippen LogP contribution is -2.22. The van der Waals surface area contributed by atoms with Gasteiger partial charge in [-0.3, -0.25) is 4.90 Å². The zero-order valence-electron chi connectivity index (χ0n) is 23.2. The minimum atomic E-state index is -1.22. The van der Waals surface area contributed by atoms with Gasteiger partial charge in [0.1, 0.15) is 23.9 Å². The van der Waals surface area contributed by atoms with E-state index in [0.29, 0.717) is 48.9 Å². The molecule has 4 N–H and O–H groups in total. The summed E-state index contributed by atoms with van der Waals surface area (Å²) >= 11 is 0. The average molecular weight is 542 g/mol. The van der Waals surface area contributed by atoms with Crippen LogP contribution in [-0.2, 0) is 18.0 Å². The van der Waals surface area contributed by atoms with Gasteiger partial charge < -0.3 is 30.0 Å². The summed E-state index contributed by atoms with van der Waals surface area (Å²) in [7, 11) is -1.22. The summed E-state index contributed by atoms with van der Waals surface area (Å²) in [4.78, 5) is 11.3. The van der Waals surface area contributed by atoms with Crippen molar-refractivity contribution in [3.63, 3.8) is 0 Å². The topological polar surface area (TPSA) is 119 Å². The Labute approximate surface area is 226 Å². The standard InChI is InChI=1S/C28H43N5O4Si/c1-5-6-13-37-28-30-24-23(18-33(25(24)27(29)31-28)19-36-14-15-38(2,3)4)26(35)21-9-7-20(8-10-21)16-32-12-11-22(34)17-32/h7-10,18,22,26,34-35H,5-6,11-17,19H2,1-4H3,(H2,29,30,31). The first-order valence-corrected chi connectivity index (χ1v) is 17.4. The largest absolute Gasteiger partial charge is 0.463 e. The van der Waals surface area contributed by atoms with Crippen molar-refractivity contribution in [3.8, 4) is 6.01 Å². The Kier molecular flexibility index (Phi) is 9.43. The molecule has 0 amide bonds. The van der Waals surface area contributed by atoms with Gasteiger partial charge in [0.15, 0.2) is 5.82 Å². The first-order chi connectivity index (χ1) is 18.1. The van der Waals surface area contributed by atoms with Gasteiger partial charge in [-0.15, -0.1) is 0 Å². The lowest BCUT2D eigenvalue weighted by Gasteiger charge is -2.16. The molecule has 9 nitrogen and oxygen atoms in total. The maximum absolute atomic E-state index is 11.5. The number of nitrogen functional groups attached to an aromatic ring is 1. The zero-order valence-corrected chi connectivity index (χ0v) is 24.2. The second kappa shape index (κ2) is 12.6. The number of nitrogens with two attached hydrogens (primary N) is 1. The molecule has 38 heavy (non-hydrogen) atoms. The summed E-state index contributed by atoms with van der Waals surface area (Å²) in [5, 5.41) is 21.3. The number of aliphatic hydroxyl groups excluding tert-OH is 2. The molecule has 4 rings (SSSR count). The van der Waals surface area contributed by atoms with Gasteiger partial charge in [-0.25, -0.2) is 0 Å². The smallest absolute Gasteiger partial charge is 0.319 e. The molecule has 0 radical (unpaired) electrons. The number of hydrogen-bond donors (Lipinski definition) is 3. The number of nitrogens with zero attached hydrogens (tertiary/aromatic N) is 4. The number of β-amino-alcohol motifs (C(OH)–C–C–N with tert-alkyl or cyclic N) is 1. The third kappa shape index (κ3) is 7.32. The quantitative estimate of drug-likeness (QED) is 0.218. The van der Waals surface area contributed by atoms with Gasteiger partial charge in [-0.2, -0.15) is 9.97 Å². The summed E-state index contributed by atoms with van der Waals surface area (Å²) in [5.41, 5.74) is 10.1. The number of ether oxygens (including phenoxy) is 2. The maximum Gasteiger partial charge on any atom is 0.319 e. The van der Waals surface area contributed by atoms with Crippen molar-refractivity contribution in [2.45, 2.75) is 77.4 Å². The second-order valence-corrected chi connectivity index (χ2v) is 17.1. The van der Waals surface area contributed by atoms with Crippen LogP contribution in [0.15, 0.2) is 30.5 Å². The maximum atomic E-state index is 11.5. The number of fused-ring (bicyclic) bond motifs is 1. The van der Waals surface area contributed by atoms with E-state index in [2.05, 4.69) is 41.4 Å². The van der Waals surface area contributed by atoms with Crippen LogP contribution in [0.1, 0.15) is 49.0 Å². The third-order valence-electron chi connectivity index (χ3n) is 6.95. The third-order valence-corrected chi connectivity index (χ3v) is 8.65. The molecule has 2 unspecified atom stereocenters. The highest BCUT2D eigenvalue weighted by Gasteiger charge is 2.24. The summed E-state index contributed by atoms with van der Waals surface area (Å²) in [6.07, 6.45) is 3.44. The second-order valence-electron chi connectivity index (χ2n) is 11.5. The number of rotatable bonds is 13. The molecule has 208 valence electrons. The average Bonchev–Trinajstić information content (AvgIpc) is 3.44. The molecule has 0 saturated carbocycles. The SMILES string of the molecule is CCCCOc1nc(N)c2c(n1)c(C(O)c1ccc(CN3CCC(O)C3)cc1)cn2COCC[Si](C)(C)C. The number of aliphatic hydroxyl groups is 2. The van der Waals surface area contributed by atoms with Crippen molar-refractivity contribution >= 4 is 24.9 Å². The fraction of sp³-hybridized carbons (Fsp3) is 0.571. The van der Waals surface area contributed by atoms with Crippen LogP contribution in [0.4, 0.5) is 5.82 Å². The minimum absolute atomic E-state index is 0.220. The van der Waals surface area contributed by atoms with Gasteiger partial charge in [-0.05, 0) is 30.0 Å². The number of unbranched alkanes of at least 4 members (excludes halogenated alkanes) is 1. The highest BCUT2D eigenvalue weighted by Crippen LogP contribution is 2.33. The van der Waals surface area contributed by atoms with E-state index in [1.807, 2.05) is 35.0 Å². The van der Waals surface area contributed by atoms with Crippen LogP contribution in [-0.4, -0.2) is 70.1 Å². The number of hydrogen-bond acceptors (Lipinski definition) is 8. The van der Waals surface area contributed by atoms with Gasteiger partial charge in [0, 0.05) is 46.1 Å². The highest BCUT2D eigenvalue weighted by molar-refractivity contribution is 6.76. The van der Waals surface area contributed by atoms with Gasteiger partial charge in [0.2, 0.25) is 0 Å². The summed E-state index contributed by atoms with van der Waals surface area (Å²) in [5.74, 6) is 0.303. The lowest BCUT2D eigenvalue weighted by molar-refractivity contribution is 0.0899. The molecule has 0 spiro atoms. The number of likely N-dealkylation sites (tertiary alicyclic amines) is 1. The fourth-order valence-electron chi connectivity index (χ4n) is 4.64. The highest BCUT2D eigenvalue weighted by atomic mass is 28.3. The van der Waals surface area contributed by atoms with Crippen LogP contribution in [0.3, 0.4) is 0 Å². The molecular formula is C28H43N5O4Si. The first kappa shape index (κ1) is 28.5. The molecule has 0 bridgehead atoms. The van der Waals surface area contributed by atoms with Crippen molar-refractivity contribution in [1.29, 1.82) is 0 Å². The predicted molar refractivity (Wildman–Crippen MR) is 153 cm³/mol. The lowest BCUT2D eigenvalue weighted by atomic mass is 10.0. The van der Waals surface area contributed by atoms with Gasteiger partial charge in [-0.1, -0.05) is 57.3 Å². The Morgan fingerprint density at radius 1 is 1.16 bits per heavy atom. The van der Waals surface area contributed by atoms with Crippen molar-refractivity contribution in [1.82, 2.24) is 19.4 Å². The predicted octanol–water partition coefficient (Wildman–Crippen LogP) is 4.15. The number of anilines is 1. The van der Waals surface area contributed by atoms with Crippen molar-refractivity contribution < 1.29 is 19.7 Å². The molecule has 1 saturated heterocycles. The van der Waals surface area contributed by atoms with E-state index in [4.69, 9.17) is 15.2 Å². The van der Waals surface area contributed by atoms with E-state index in [9.17, 15) is 10.2 Å². The normalized spacial score (nSPS) is 17.4. The molecule has 1 aliphatic heterocycles. The molecular weight excluding hydrogens is 498 g/mol. The summed E-state index contributed by atoms with van der Waals surface area (Å²) in [6, 6.07) is 9.24. The van der Waals surface area contributed by atoms with E-state index in [0.717, 1.165) is 49.5 Å². The van der Waals surface area contributed by atoms with Gasteiger partial charge in [0.25, 0.3) is 0 Å². The zero-order chi connectivity index (χ0) is 27.3. The fourth-order valence-corrected chi connectivity index (χ4v) is 5.40. The van der Waals surface area contributed by atoms with Crippen LogP contribution in [0, 0.1) is 0 Å². The molecule has 0 aliphatic carbocycles. The van der Waals surface area contributed by atoms with Crippen molar-refractivity contribution in [2.24, 2.45) is 0 Å². The first-order valence-electron chi connectivity index (χ1n) is 13.7. The van der Waals surface area contributed by atoms with Crippen LogP contribution in [0.25, 0.3) is 11.0 Å². The molecule has 3 aromatic rings. The molecule has 3 heterocycles. The van der Waals surface area contributed by atoms with Crippen LogP contribution in [0.5, 0.6) is 6.01 Å². The molecule has 2 aromatic heterocycles. The van der Waals surface area contributed by atoms with E-state index in [1.54, 1.807) is 0 Å². The molecule has 2 atom stereocenters. The molecule has 1 aliphatic rings. The minimum Gasteiger partial charge on any atom is -0.463 e. The van der Waals surface area contributed by atoms with E-state index in [1.165, 1.54) is 0 Å². The Morgan fingerprint density at radius 2 is 1.92 bits per heavy atom. The molecule has 10 heteroatoms.